The van der Waals surface area contributed by atoms with Crippen LogP contribution < -0.4 is 10.6 Å². The molecule has 0 amide bonds. The van der Waals surface area contributed by atoms with Gasteiger partial charge in [0, 0.05) is 25.3 Å². The van der Waals surface area contributed by atoms with E-state index in [1.54, 1.807) is 6.20 Å². The minimum absolute atomic E-state index is 0.0241. The van der Waals surface area contributed by atoms with Gasteiger partial charge < -0.3 is 10.6 Å². The first-order chi connectivity index (χ1) is 7.69. The topological polar surface area (TPSA) is 42.1 Å². The van der Waals surface area contributed by atoms with Crippen molar-refractivity contribution in [2.75, 3.05) is 18.0 Å². The Morgan fingerprint density at radius 1 is 1.44 bits per heavy atom. The van der Waals surface area contributed by atoms with Crippen LogP contribution in [-0.2, 0) is 0 Å². The molecule has 0 aliphatic carbocycles. The predicted octanol–water partition coefficient (Wildman–Crippen LogP) is 2.28. The fraction of sp³-hybridized carbons (Fsp3) is 0.308. The molecular formula is C13H19N3. The van der Waals surface area contributed by atoms with E-state index in [4.69, 9.17) is 5.73 Å². The lowest BCUT2D eigenvalue weighted by atomic mass is 10.1. The van der Waals surface area contributed by atoms with Gasteiger partial charge in [0.2, 0.25) is 0 Å². The van der Waals surface area contributed by atoms with Crippen LogP contribution in [0.3, 0.4) is 0 Å². The van der Waals surface area contributed by atoms with Gasteiger partial charge in [0.15, 0.2) is 0 Å². The van der Waals surface area contributed by atoms with E-state index in [1.807, 2.05) is 31.2 Å². The standard InChI is InChI=1S/C13H19N3/c1-4-8-16(9-5-2)13-10-12(11(3)14)6-7-15-13/h4-7,10-11H,1-2,8-9,14H2,3H3. The monoisotopic (exact) mass is 217 g/mol. The van der Waals surface area contributed by atoms with Gasteiger partial charge in [-0.1, -0.05) is 12.2 Å². The van der Waals surface area contributed by atoms with Gasteiger partial charge in [-0.3, -0.25) is 0 Å². The van der Waals surface area contributed by atoms with Crippen molar-refractivity contribution in [1.29, 1.82) is 0 Å². The Labute approximate surface area is 97.3 Å². The van der Waals surface area contributed by atoms with E-state index in [0.29, 0.717) is 0 Å². The number of rotatable bonds is 6. The molecule has 0 bridgehead atoms. The molecule has 0 aliphatic heterocycles. The molecule has 1 aromatic rings. The number of aromatic nitrogens is 1. The lowest BCUT2D eigenvalue weighted by molar-refractivity contribution is 0.810. The summed E-state index contributed by atoms with van der Waals surface area (Å²) in [5, 5.41) is 0. The van der Waals surface area contributed by atoms with Crippen molar-refractivity contribution in [3.8, 4) is 0 Å². The number of pyridine rings is 1. The molecule has 3 nitrogen and oxygen atoms in total. The minimum atomic E-state index is 0.0241. The van der Waals surface area contributed by atoms with Gasteiger partial charge in [-0.05, 0) is 24.6 Å². The number of nitrogens with two attached hydrogens (primary N) is 1. The molecule has 2 N–H and O–H groups in total. The molecule has 1 rings (SSSR count). The van der Waals surface area contributed by atoms with E-state index < -0.39 is 0 Å². The van der Waals surface area contributed by atoms with Crippen LogP contribution in [0.2, 0.25) is 0 Å². The summed E-state index contributed by atoms with van der Waals surface area (Å²) < 4.78 is 0. The first kappa shape index (κ1) is 12.5. The van der Waals surface area contributed by atoms with Crippen LogP contribution in [0.4, 0.5) is 5.82 Å². The zero-order valence-corrected chi connectivity index (χ0v) is 9.76. The second-order valence-electron chi connectivity index (χ2n) is 3.72. The van der Waals surface area contributed by atoms with Crippen molar-refractivity contribution < 1.29 is 0 Å². The van der Waals surface area contributed by atoms with Gasteiger partial charge >= 0.3 is 0 Å². The highest BCUT2D eigenvalue weighted by Crippen LogP contribution is 2.16. The van der Waals surface area contributed by atoms with E-state index >= 15 is 0 Å². The van der Waals surface area contributed by atoms with Gasteiger partial charge in [-0.2, -0.15) is 0 Å². The number of hydrogen-bond donors (Lipinski definition) is 1. The molecule has 0 spiro atoms. The number of hydrogen-bond acceptors (Lipinski definition) is 3. The van der Waals surface area contributed by atoms with Crippen molar-refractivity contribution in [3.63, 3.8) is 0 Å². The summed E-state index contributed by atoms with van der Waals surface area (Å²) in [6, 6.07) is 3.97. The third-order valence-corrected chi connectivity index (χ3v) is 2.32. The molecule has 16 heavy (non-hydrogen) atoms. The summed E-state index contributed by atoms with van der Waals surface area (Å²) in [6.07, 6.45) is 5.49. The molecule has 86 valence electrons. The van der Waals surface area contributed by atoms with Gasteiger partial charge in [0.1, 0.15) is 5.82 Å². The lowest BCUT2D eigenvalue weighted by Crippen LogP contribution is -2.24. The molecule has 0 aromatic carbocycles. The Bertz CT molecular complexity index is 348. The maximum Gasteiger partial charge on any atom is 0.129 e. The predicted molar refractivity (Wildman–Crippen MR) is 69.4 cm³/mol. The van der Waals surface area contributed by atoms with E-state index in [9.17, 15) is 0 Å². The summed E-state index contributed by atoms with van der Waals surface area (Å²) in [6.45, 7) is 10.9. The molecule has 0 fully saturated rings. The van der Waals surface area contributed by atoms with Crippen LogP contribution in [0, 0.1) is 0 Å². The Balaban J connectivity index is 2.94. The smallest absolute Gasteiger partial charge is 0.129 e. The molecule has 0 aliphatic rings. The SMILES string of the molecule is C=CCN(CC=C)c1cc(C(C)N)ccn1. The van der Waals surface area contributed by atoms with Crippen LogP contribution >= 0.6 is 0 Å². The zero-order valence-electron chi connectivity index (χ0n) is 9.76. The maximum absolute atomic E-state index is 5.84. The molecule has 1 heterocycles. The highest BCUT2D eigenvalue weighted by molar-refractivity contribution is 5.43. The molecule has 1 aromatic heterocycles. The molecule has 0 saturated carbocycles. The summed E-state index contributed by atoms with van der Waals surface area (Å²) in [4.78, 5) is 6.42. The van der Waals surface area contributed by atoms with Gasteiger partial charge in [0.05, 0.1) is 0 Å². The van der Waals surface area contributed by atoms with Crippen molar-refractivity contribution in [2.24, 2.45) is 5.73 Å². The lowest BCUT2D eigenvalue weighted by Gasteiger charge is -2.21. The molecule has 0 radical (unpaired) electrons. The average Bonchev–Trinajstić information content (AvgIpc) is 2.29. The highest BCUT2D eigenvalue weighted by atomic mass is 15.2. The second-order valence-corrected chi connectivity index (χ2v) is 3.72. The van der Waals surface area contributed by atoms with E-state index in [1.165, 1.54) is 0 Å². The van der Waals surface area contributed by atoms with E-state index in [2.05, 4.69) is 23.0 Å². The largest absolute Gasteiger partial charge is 0.349 e. The molecule has 0 saturated heterocycles. The highest BCUT2D eigenvalue weighted by Gasteiger charge is 2.06. The third-order valence-electron chi connectivity index (χ3n) is 2.32. The first-order valence-corrected chi connectivity index (χ1v) is 5.37. The molecule has 1 atom stereocenters. The second kappa shape index (κ2) is 6.08. The first-order valence-electron chi connectivity index (χ1n) is 5.37. The molecule has 3 heteroatoms. The number of nitrogens with zero attached hydrogens (tertiary/aromatic N) is 2. The fourth-order valence-electron chi connectivity index (χ4n) is 1.46. The fourth-order valence-corrected chi connectivity index (χ4v) is 1.46. The van der Waals surface area contributed by atoms with Crippen LogP contribution in [0.15, 0.2) is 43.6 Å². The van der Waals surface area contributed by atoms with Gasteiger partial charge in [-0.25, -0.2) is 4.98 Å². The Hall–Kier alpha value is -1.61. The quantitative estimate of drug-likeness (QED) is 0.743. The van der Waals surface area contributed by atoms with Crippen LogP contribution in [0.1, 0.15) is 18.5 Å². The normalized spacial score (nSPS) is 11.9. The van der Waals surface area contributed by atoms with E-state index in [-0.39, 0.29) is 6.04 Å². The van der Waals surface area contributed by atoms with Crippen LogP contribution in [0.5, 0.6) is 0 Å². The van der Waals surface area contributed by atoms with Crippen LogP contribution in [0.25, 0.3) is 0 Å². The van der Waals surface area contributed by atoms with Crippen LogP contribution in [-0.4, -0.2) is 18.1 Å². The summed E-state index contributed by atoms with van der Waals surface area (Å²) in [5.74, 6) is 0.912. The summed E-state index contributed by atoms with van der Waals surface area (Å²) >= 11 is 0. The molecular weight excluding hydrogens is 198 g/mol. The Morgan fingerprint density at radius 2 is 2.06 bits per heavy atom. The van der Waals surface area contributed by atoms with Crippen molar-refractivity contribution in [1.82, 2.24) is 4.98 Å². The minimum Gasteiger partial charge on any atom is -0.349 e. The van der Waals surface area contributed by atoms with Crippen molar-refractivity contribution in [3.05, 3.63) is 49.2 Å². The Morgan fingerprint density at radius 3 is 2.56 bits per heavy atom. The zero-order chi connectivity index (χ0) is 12.0. The molecule has 1 unspecified atom stereocenters. The summed E-state index contributed by atoms with van der Waals surface area (Å²) in [5.41, 5.74) is 6.93. The van der Waals surface area contributed by atoms with E-state index in [0.717, 1.165) is 24.5 Å². The maximum atomic E-state index is 5.84. The van der Waals surface area contributed by atoms with Crippen molar-refractivity contribution in [2.45, 2.75) is 13.0 Å². The average molecular weight is 217 g/mol. The van der Waals surface area contributed by atoms with Gasteiger partial charge in [0.25, 0.3) is 0 Å². The Kier molecular flexibility index (Phi) is 4.73. The van der Waals surface area contributed by atoms with Crippen molar-refractivity contribution >= 4 is 5.82 Å². The number of anilines is 1. The summed E-state index contributed by atoms with van der Waals surface area (Å²) in [7, 11) is 0. The third kappa shape index (κ3) is 3.21. The van der Waals surface area contributed by atoms with Gasteiger partial charge in [-0.15, -0.1) is 13.2 Å².